The van der Waals surface area contributed by atoms with Crippen LogP contribution >= 0.6 is 11.3 Å². The molecule has 0 aliphatic rings. The van der Waals surface area contributed by atoms with Gasteiger partial charge in [0.15, 0.2) is 0 Å². The summed E-state index contributed by atoms with van der Waals surface area (Å²) in [6, 6.07) is 3.87. The smallest absolute Gasteiger partial charge is 0.263 e. The number of hydrogen-bond donors (Lipinski definition) is 3. The van der Waals surface area contributed by atoms with E-state index >= 15 is 0 Å². The van der Waals surface area contributed by atoms with Crippen LogP contribution in [-0.4, -0.2) is 29.3 Å². The average molecular weight is 290 g/mol. The molecule has 0 atom stereocenters. The molecule has 4 N–H and O–H groups in total. The van der Waals surface area contributed by atoms with E-state index in [4.69, 9.17) is 11.0 Å². The predicted molar refractivity (Wildman–Crippen MR) is 77.6 cm³/mol. The normalized spacial score (nSPS) is 10.0. The topological polar surface area (TPSA) is 109 Å². The molecule has 0 radical (unpaired) electrons. The second-order valence-electron chi connectivity index (χ2n) is 3.94. The van der Waals surface area contributed by atoms with Gasteiger partial charge in [0.05, 0.1) is 12.2 Å². The first kappa shape index (κ1) is 13.9. The summed E-state index contributed by atoms with van der Waals surface area (Å²) in [6.07, 6.45) is 3.55. The molecule has 8 heteroatoms. The summed E-state index contributed by atoms with van der Waals surface area (Å²) < 4.78 is 1.77. The SMILES string of the molecule is CNC(=O)c1sc(NCCn2cccn2)c(C#N)c1N. The van der Waals surface area contributed by atoms with Crippen molar-refractivity contribution in [3.05, 3.63) is 28.9 Å². The highest BCUT2D eigenvalue weighted by Gasteiger charge is 2.19. The van der Waals surface area contributed by atoms with E-state index in [0.29, 0.717) is 28.5 Å². The van der Waals surface area contributed by atoms with Gasteiger partial charge < -0.3 is 16.4 Å². The number of carbonyl (C=O) groups excluding carboxylic acids is 1. The van der Waals surface area contributed by atoms with Crippen LogP contribution in [0.3, 0.4) is 0 Å². The van der Waals surface area contributed by atoms with E-state index < -0.39 is 0 Å². The highest BCUT2D eigenvalue weighted by molar-refractivity contribution is 7.18. The molecular weight excluding hydrogens is 276 g/mol. The highest BCUT2D eigenvalue weighted by Crippen LogP contribution is 2.34. The van der Waals surface area contributed by atoms with Crippen LogP contribution in [0.5, 0.6) is 0 Å². The molecule has 2 aromatic heterocycles. The Bertz CT molecular complexity index is 640. The van der Waals surface area contributed by atoms with Crippen LogP contribution in [0.25, 0.3) is 0 Å². The minimum Gasteiger partial charge on any atom is -0.396 e. The summed E-state index contributed by atoms with van der Waals surface area (Å²) in [4.78, 5) is 12.0. The van der Waals surface area contributed by atoms with Crippen molar-refractivity contribution >= 4 is 27.9 Å². The molecule has 2 aromatic rings. The van der Waals surface area contributed by atoms with Crippen molar-refractivity contribution in [3.63, 3.8) is 0 Å². The average Bonchev–Trinajstić information content (AvgIpc) is 3.06. The quantitative estimate of drug-likeness (QED) is 0.757. The van der Waals surface area contributed by atoms with Crippen LogP contribution in [0, 0.1) is 11.3 Å². The number of hydrogen-bond acceptors (Lipinski definition) is 6. The Balaban J connectivity index is 2.11. The van der Waals surface area contributed by atoms with Gasteiger partial charge in [-0.15, -0.1) is 11.3 Å². The molecule has 0 spiro atoms. The first-order valence-electron chi connectivity index (χ1n) is 5.93. The van der Waals surface area contributed by atoms with Gasteiger partial charge in [-0.1, -0.05) is 0 Å². The number of anilines is 2. The largest absolute Gasteiger partial charge is 0.396 e. The second-order valence-corrected chi connectivity index (χ2v) is 4.96. The van der Waals surface area contributed by atoms with E-state index in [9.17, 15) is 4.79 Å². The molecule has 0 bridgehead atoms. The first-order valence-corrected chi connectivity index (χ1v) is 6.74. The molecule has 0 fully saturated rings. The molecule has 0 saturated carbocycles. The number of nitrogen functional groups attached to an aromatic ring is 1. The number of aromatic nitrogens is 2. The van der Waals surface area contributed by atoms with Gasteiger partial charge in [0, 0.05) is 26.0 Å². The van der Waals surface area contributed by atoms with Crippen molar-refractivity contribution in [1.82, 2.24) is 15.1 Å². The summed E-state index contributed by atoms with van der Waals surface area (Å²) in [5.74, 6) is -0.288. The number of amides is 1. The van der Waals surface area contributed by atoms with Crippen molar-refractivity contribution < 1.29 is 4.79 Å². The molecule has 0 aromatic carbocycles. The number of nitrogens with one attached hydrogen (secondary N) is 2. The van der Waals surface area contributed by atoms with Gasteiger partial charge in [0.2, 0.25) is 0 Å². The lowest BCUT2D eigenvalue weighted by atomic mass is 10.2. The lowest BCUT2D eigenvalue weighted by Crippen LogP contribution is -2.17. The van der Waals surface area contributed by atoms with Gasteiger partial charge in [-0.25, -0.2) is 0 Å². The third-order valence-electron chi connectivity index (χ3n) is 2.68. The van der Waals surface area contributed by atoms with Gasteiger partial charge in [-0.3, -0.25) is 9.48 Å². The van der Waals surface area contributed by atoms with Crippen LogP contribution in [0.4, 0.5) is 10.7 Å². The second kappa shape index (κ2) is 6.08. The standard InChI is InChI=1S/C12H14N6OS/c1-15-11(19)10-9(14)8(7-13)12(20-10)16-4-6-18-5-2-3-17-18/h2-3,5,16H,4,6,14H2,1H3,(H,15,19). The van der Waals surface area contributed by atoms with Crippen molar-refractivity contribution in [1.29, 1.82) is 5.26 Å². The Labute approximate surface area is 120 Å². The zero-order valence-electron chi connectivity index (χ0n) is 10.9. The van der Waals surface area contributed by atoms with Crippen LogP contribution < -0.4 is 16.4 Å². The molecule has 0 saturated heterocycles. The number of rotatable bonds is 5. The van der Waals surface area contributed by atoms with Crippen LogP contribution in [0.15, 0.2) is 18.5 Å². The number of thiophene rings is 1. The maximum absolute atomic E-state index is 11.6. The molecule has 104 valence electrons. The van der Waals surface area contributed by atoms with Crippen molar-refractivity contribution in [3.8, 4) is 6.07 Å². The molecule has 0 unspecified atom stereocenters. The fourth-order valence-corrected chi connectivity index (χ4v) is 2.72. The maximum atomic E-state index is 11.6. The third kappa shape index (κ3) is 2.73. The fraction of sp³-hybridized carbons (Fsp3) is 0.250. The zero-order chi connectivity index (χ0) is 14.5. The minimum atomic E-state index is -0.288. The molecule has 7 nitrogen and oxygen atoms in total. The Kier molecular flexibility index (Phi) is 4.22. The predicted octanol–water partition coefficient (Wildman–Crippen LogP) is 0.870. The molecule has 0 aliphatic heterocycles. The zero-order valence-corrected chi connectivity index (χ0v) is 11.7. The Morgan fingerprint density at radius 2 is 2.45 bits per heavy atom. The lowest BCUT2D eigenvalue weighted by molar-refractivity contribution is 0.0968. The minimum absolute atomic E-state index is 0.221. The van der Waals surface area contributed by atoms with E-state index in [-0.39, 0.29) is 11.6 Å². The summed E-state index contributed by atoms with van der Waals surface area (Å²) in [6.45, 7) is 1.24. The van der Waals surface area contributed by atoms with Gasteiger partial charge >= 0.3 is 0 Å². The summed E-state index contributed by atoms with van der Waals surface area (Å²) in [5, 5.41) is 19.4. The maximum Gasteiger partial charge on any atom is 0.263 e. The molecule has 1 amide bonds. The van der Waals surface area contributed by atoms with E-state index in [2.05, 4.69) is 15.7 Å². The van der Waals surface area contributed by atoms with Crippen LogP contribution in [-0.2, 0) is 6.54 Å². The molecular formula is C12H14N6OS. The summed E-state index contributed by atoms with van der Waals surface area (Å²) in [7, 11) is 1.53. The van der Waals surface area contributed by atoms with E-state index in [1.807, 2.05) is 18.3 Å². The Morgan fingerprint density at radius 1 is 1.65 bits per heavy atom. The Morgan fingerprint density at radius 3 is 3.05 bits per heavy atom. The van der Waals surface area contributed by atoms with Crippen molar-refractivity contribution in [2.45, 2.75) is 6.54 Å². The molecule has 0 aliphatic carbocycles. The lowest BCUT2D eigenvalue weighted by Gasteiger charge is -2.04. The first-order chi connectivity index (χ1) is 9.67. The van der Waals surface area contributed by atoms with Gasteiger partial charge in [0.25, 0.3) is 5.91 Å². The van der Waals surface area contributed by atoms with E-state index in [1.165, 1.54) is 18.4 Å². The summed E-state index contributed by atoms with van der Waals surface area (Å²) >= 11 is 1.18. The van der Waals surface area contributed by atoms with Gasteiger partial charge in [0.1, 0.15) is 21.5 Å². The number of nitrogens with zero attached hydrogens (tertiary/aromatic N) is 3. The molecule has 2 rings (SSSR count). The van der Waals surface area contributed by atoms with Crippen molar-refractivity contribution in [2.24, 2.45) is 0 Å². The monoisotopic (exact) mass is 290 g/mol. The Hall–Kier alpha value is -2.53. The van der Waals surface area contributed by atoms with Crippen LogP contribution in [0.2, 0.25) is 0 Å². The van der Waals surface area contributed by atoms with Gasteiger partial charge in [-0.2, -0.15) is 10.4 Å². The van der Waals surface area contributed by atoms with E-state index in [0.717, 1.165) is 0 Å². The van der Waals surface area contributed by atoms with Crippen molar-refractivity contribution in [2.75, 3.05) is 24.6 Å². The van der Waals surface area contributed by atoms with E-state index in [1.54, 1.807) is 10.9 Å². The van der Waals surface area contributed by atoms with Crippen LogP contribution in [0.1, 0.15) is 15.2 Å². The third-order valence-corrected chi connectivity index (χ3v) is 3.84. The molecule has 20 heavy (non-hydrogen) atoms. The summed E-state index contributed by atoms with van der Waals surface area (Å²) in [5.41, 5.74) is 6.36. The highest BCUT2D eigenvalue weighted by atomic mass is 32.1. The number of nitriles is 1. The number of nitrogens with two attached hydrogens (primary N) is 1. The fourth-order valence-electron chi connectivity index (χ4n) is 1.68. The van der Waals surface area contributed by atoms with Gasteiger partial charge in [-0.05, 0) is 6.07 Å². The number of carbonyl (C=O) groups is 1. The molecule has 2 heterocycles.